The second-order valence-electron chi connectivity index (χ2n) is 5.62. The monoisotopic (exact) mass is 366 g/mol. The Morgan fingerprint density at radius 3 is 2.46 bits per heavy atom. The normalized spacial score (nSPS) is 11.2. The van der Waals surface area contributed by atoms with Gasteiger partial charge in [-0.1, -0.05) is 35.4 Å². The van der Waals surface area contributed by atoms with Crippen LogP contribution in [0, 0.1) is 13.8 Å². The summed E-state index contributed by atoms with van der Waals surface area (Å²) in [6.45, 7) is 3.43. The Labute approximate surface area is 147 Å². The number of nitrogens with zero attached hydrogens (tertiary/aromatic N) is 1. The van der Waals surface area contributed by atoms with Crippen molar-refractivity contribution in [1.29, 1.82) is 0 Å². The Bertz CT molecular complexity index is 866. The molecule has 1 amide bonds. The summed E-state index contributed by atoms with van der Waals surface area (Å²) in [6.07, 6.45) is 1.08. The van der Waals surface area contributed by atoms with Crippen LogP contribution < -0.4 is 9.62 Å². The molecule has 0 bridgehead atoms. The molecule has 0 spiro atoms. The fourth-order valence-corrected chi connectivity index (χ4v) is 3.47. The highest BCUT2D eigenvalue weighted by Gasteiger charge is 2.22. The van der Waals surface area contributed by atoms with Gasteiger partial charge in [-0.15, -0.1) is 0 Å². The molecule has 0 saturated carbocycles. The largest absolute Gasteiger partial charge is 0.324 e. The number of anilines is 2. The average molecular weight is 367 g/mol. The Balaban J connectivity index is 2.25. The number of nitrogens with one attached hydrogen (secondary N) is 1. The zero-order valence-corrected chi connectivity index (χ0v) is 15.3. The molecule has 0 radical (unpaired) electrons. The maximum Gasteiger partial charge on any atom is 0.245 e. The Morgan fingerprint density at radius 2 is 1.88 bits per heavy atom. The Morgan fingerprint density at radius 1 is 1.17 bits per heavy atom. The van der Waals surface area contributed by atoms with E-state index in [2.05, 4.69) is 5.32 Å². The summed E-state index contributed by atoms with van der Waals surface area (Å²) in [7, 11) is -3.60. The van der Waals surface area contributed by atoms with Crippen LogP contribution in [0.2, 0.25) is 5.02 Å². The van der Waals surface area contributed by atoms with Crippen molar-refractivity contribution in [2.45, 2.75) is 13.8 Å². The molecule has 24 heavy (non-hydrogen) atoms. The number of sulfonamides is 1. The number of aryl methyl sites for hydroxylation is 2. The minimum absolute atomic E-state index is 0.310. The van der Waals surface area contributed by atoms with Crippen LogP contribution in [0.1, 0.15) is 11.1 Å². The summed E-state index contributed by atoms with van der Waals surface area (Å²) in [5.41, 5.74) is 2.81. The molecule has 0 heterocycles. The molecule has 2 rings (SSSR count). The van der Waals surface area contributed by atoms with Crippen LogP contribution in [0.25, 0.3) is 0 Å². The van der Waals surface area contributed by atoms with Crippen molar-refractivity contribution in [1.82, 2.24) is 0 Å². The van der Waals surface area contributed by atoms with Crippen LogP contribution in [0.3, 0.4) is 0 Å². The summed E-state index contributed by atoms with van der Waals surface area (Å²) in [4.78, 5) is 12.3. The molecule has 2 aromatic rings. The number of rotatable bonds is 5. The molecule has 0 aliphatic carbocycles. The average Bonchev–Trinajstić information content (AvgIpc) is 2.44. The topological polar surface area (TPSA) is 66.5 Å². The first-order chi connectivity index (χ1) is 11.2. The third-order valence-corrected chi connectivity index (χ3v) is 4.78. The molecule has 0 atom stereocenters. The molecule has 1 N–H and O–H groups in total. The van der Waals surface area contributed by atoms with E-state index >= 15 is 0 Å². The minimum atomic E-state index is -3.60. The molecule has 128 valence electrons. The molecule has 2 aromatic carbocycles. The molecule has 5 nitrogen and oxygen atoms in total. The maximum absolute atomic E-state index is 12.3. The van der Waals surface area contributed by atoms with E-state index in [0.29, 0.717) is 16.4 Å². The fraction of sp³-hybridized carbons (Fsp3) is 0.235. The van der Waals surface area contributed by atoms with Crippen molar-refractivity contribution in [2.24, 2.45) is 0 Å². The van der Waals surface area contributed by atoms with Gasteiger partial charge in [-0.2, -0.15) is 0 Å². The lowest BCUT2D eigenvalue weighted by molar-refractivity contribution is -0.114. The number of carbonyl (C=O) groups is 1. The Hall–Kier alpha value is -2.05. The molecule has 0 aliphatic rings. The third kappa shape index (κ3) is 4.72. The van der Waals surface area contributed by atoms with E-state index in [9.17, 15) is 13.2 Å². The lowest BCUT2D eigenvalue weighted by Gasteiger charge is -2.24. The highest BCUT2D eigenvalue weighted by atomic mass is 35.5. The second kappa shape index (κ2) is 7.23. The highest BCUT2D eigenvalue weighted by molar-refractivity contribution is 7.92. The molecule has 0 aliphatic heterocycles. The van der Waals surface area contributed by atoms with Gasteiger partial charge in [0.25, 0.3) is 0 Å². The van der Waals surface area contributed by atoms with Crippen molar-refractivity contribution in [3.63, 3.8) is 0 Å². The van der Waals surface area contributed by atoms with Gasteiger partial charge in [0.15, 0.2) is 0 Å². The molecule has 0 saturated heterocycles. The van der Waals surface area contributed by atoms with Gasteiger partial charge in [0.1, 0.15) is 6.54 Å². The van der Waals surface area contributed by atoms with Gasteiger partial charge < -0.3 is 5.32 Å². The van der Waals surface area contributed by atoms with Gasteiger partial charge in [0.2, 0.25) is 15.9 Å². The lowest BCUT2D eigenvalue weighted by atomic mass is 10.1. The zero-order chi connectivity index (χ0) is 17.9. The predicted molar refractivity (Wildman–Crippen MR) is 98.2 cm³/mol. The van der Waals surface area contributed by atoms with E-state index in [1.54, 1.807) is 30.3 Å². The van der Waals surface area contributed by atoms with Gasteiger partial charge in [-0.05, 0) is 43.7 Å². The van der Waals surface area contributed by atoms with Gasteiger partial charge in [0.05, 0.1) is 11.9 Å². The number of benzene rings is 2. The van der Waals surface area contributed by atoms with E-state index < -0.39 is 15.9 Å². The van der Waals surface area contributed by atoms with Crippen molar-refractivity contribution < 1.29 is 13.2 Å². The first-order valence-electron chi connectivity index (χ1n) is 7.27. The molecule has 0 fully saturated rings. The molecular formula is C17H19ClN2O3S. The Kier molecular flexibility index (Phi) is 5.51. The summed E-state index contributed by atoms with van der Waals surface area (Å²) in [5.74, 6) is -0.442. The number of halogens is 1. The molecule has 0 aromatic heterocycles. The van der Waals surface area contributed by atoms with Crippen LogP contribution in [0.15, 0.2) is 42.5 Å². The van der Waals surface area contributed by atoms with Crippen molar-refractivity contribution in [3.8, 4) is 0 Å². The standard InChI is InChI=1S/C17H19ClN2O3S/c1-12-7-8-16(13(2)9-12)20(24(3,22)23)11-17(21)19-15-6-4-5-14(18)10-15/h4-10H,11H2,1-3H3,(H,19,21). The SMILES string of the molecule is Cc1ccc(N(CC(=O)Nc2cccc(Cl)c2)S(C)(=O)=O)c(C)c1. The first-order valence-corrected chi connectivity index (χ1v) is 9.50. The first kappa shape index (κ1) is 18.3. The summed E-state index contributed by atoms with van der Waals surface area (Å²) < 4.78 is 25.4. The number of hydrogen-bond acceptors (Lipinski definition) is 3. The predicted octanol–water partition coefficient (Wildman–Crippen LogP) is 3.36. The van der Waals surface area contributed by atoms with Crippen LogP contribution in [0.4, 0.5) is 11.4 Å². The number of carbonyl (C=O) groups excluding carboxylic acids is 1. The van der Waals surface area contributed by atoms with E-state index in [-0.39, 0.29) is 6.54 Å². The van der Waals surface area contributed by atoms with Crippen molar-refractivity contribution in [3.05, 3.63) is 58.6 Å². The zero-order valence-electron chi connectivity index (χ0n) is 13.7. The van der Waals surface area contributed by atoms with Gasteiger partial charge in [-0.25, -0.2) is 8.42 Å². The van der Waals surface area contributed by atoms with Crippen molar-refractivity contribution >= 4 is 38.9 Å². The second-order valence-corrected chi connectivity index (χ2v) is 7.96. The lowest BCUT2D eigenvalue weighted by Crippen LogP contribution is -2.37. The quantitative estimate of drug-likeness (QED) is 0.882. The fourth-order valence-electron chi connectivity index (χ4n) is 2.36. The van der Waals surface area contributed by atoms with Crippen molar-refractivity contribution in [2.75, 3.05) is 22.4 Å². The van der Waals surface area contributed by atoms with E-state index in [4.69, 9.17) is 11.6 Å². The van der Waals surface area contributed by atoms with Crippen LogP contribution in [0.5, 0.6) is 0 Å². The van der Waals surface area contributed by atoms with E-state index in [1.807, 2.05) is 26.0 Å². The molecule has 7 heteroatoms. The van der Waals surface area contributed by atoms with E-state index in [1.165, 1.54) is 0 Å². The maximum atomic E-state index is 12.3. The summed E-state index contributed by atoms with van der Waals surface area (Å²) in [6, 6.07) is 12.1. The smallest absolute Gasteiger partial charge is 0.245 e. The van der Waals surface area contributed by atoms with Gasteiger partial charge in [0, 0.05) is 10.7 Å². The number of amides is 1. The summed E-state index contributed by atoms with van der Waals surface area (Å²) >= 11 is 5.88. The van der Waals surface area contributed by atoms with Gasteiger partial charge in [-0.3, -0.25) is 9.10 Å². The molecular weight excluding hydrogens is 348 g/mol. The minimum Gasteiger partial charge on any atom is -0.324 e. The van der Waals surface area contributed by atoms with E-state index in [0.717, 1.165) is 21.7 Å². The van der Waals surface area contributed by atoms with Crippen LogP contribution in [-0.4, -0.2) is 27.1 Å². The van der Waals surface area contributed by atoms with Gasteiger partial charge >= 0.3 is 0 Å². The van der Waals surface area contributed by atoms with Crippen LogP contribution >= 0.6 is 11.6 Å². The molecule has 0 unspecified atom stereocenters. The van der Waals surface area contributed by atoms with Crippen LogP contribution in [-0.2, 0) is 14.8 Å². The summed E-state index contributed by atoms with van der Waals surface area (Å²) in [5, 5.41) is 3.14. The third-order valence-electron chi connectivity index (χ3n) is 3.42. The number of hydrogen-bond donors (Lipinski definition) is 1. The highest BCUT2D eigenvalue weighted by Crippen LogP contribution is 2.23.